The van der Waals surface area contributed by atoms with E-state index in [1.807, 2.05) is 43.3 Å². The van der Waals surface area contributed by atoms with Crippen molar-refractivity contribution < 1.29 is 9.47 Å². The first-order valence-corrected chi connectivity index (χ1v) is 11.2. The van der Waals surface area contributed by atoms with E-state index in [9.17, 15) is 0 Å². The van der Waals surface area contributed by atoms with Crippen molar-refractivity contribution in [3.05, 3.63) is 64.2 Å². The van der Waals surface area contributed by atoms with Crippen molar-refractivity contribution in [2.75, 3.05) is 13.7 Å². The van der Waals surface area contributed by atoms with Crippen LogP contribution in [0.5, 0.6) is 17.4 Å². The lowest BCUT2D eigenvalue weighted by molar-refractivity contribution is 0.339. The van der Waals surface area contributed by atoms with Gasteiger partial charge >= 0.3 is 0 Å². The van der Waals surface area contributed by atoms with Gasteiger partial charge < -0.3 is 20.1 Å². The van der Waals surface area contributed by atoms with Crippen LogP contribution in [0.25, 0.3) is 0 Å². The highest BCUT2D eigenvalue weighted by Crippen LogP contribution is 2.23. The Morgan fingerprint density at radius 3 is 2.52 bits per heavy atom. The van der Waals surface area contributed by atoms with Crippen LogP contribution in [0.4, 0.5) is 0 Å². The molecule has 0 saturated heterocycles. The lowest BCUT2D eigenvalue weighted by atomic mass is 10.2. The van der Waals surface area contributed by atoms with Crippen molar-refractivity contribution in [1.82, 2.24) is 20.6 Å². The number of hydrogen-bond acceptors (Lipinski definition) is 6. The molecule has 0 aliphatic carbocycles. The molecule has 3 rings (SSSR count). The van der Waals surface area contributed by atoms with Crippen molar-refractivity contribution in [3.8, 4) is 17.4 Å². The smallest absolute Gasteiger partial charge is 0.219 e. The molecule has 0 atom stereocenters. The molecule has 0 unspecified atom stereocenters. The summed E-state index contributed by atoms with van der Waals surface area (Å²) in [6, 6.07) is 11.4. The Bertz CT molecular complexity index is 986. The maximum absolute atomic E-state index is 5.86. The number of aliphatic imine (C=N–C) groups is 1. The van der Waals surface area contributed by atoms with Gasteiger partial charge in [-0.1, -0.05) is 13.8 Å². The minimum absolute atomic E-state index is 0.438. The number of rotatable bonds is 9. The number of nitrogens with zero attached hydrogens (tertiary/aromatic N) is 3. The summed E-state index contributed by atoms with van der Waals surface area (Å²) in [6.45, 7) is 8.12. The molecule has 0 amide bonds. The lowest BCUT2D eigenvalue weighted by Gasteiger charge is -2.12. The van der Waals surface area contributed by atoms with Crippen LogP contribution in [-0.4, -0.2) is 29.6 Å². The van der Waals surface area contributed by atoms with Gasteiger partial charge in [-0.25, -0.2) is 9.97 Å². The van der Waals surface area contributed by atoms with E-state index in [1.165, 1.54) is 0 Å². The highest BCUT2D eigenvalue weighted by Gasteiger charge is 2.07. The van der Waals surface area contributed by atoms with Crippen molar-refractivity contribution in [2.24, 2.45) is 4.99 Å². The highest BCUT2D eigenvalue weighted by molar-refractivity contribution is 7.09. The third-order valence-corrected chi connectivity index (χ3v) is 5.28. The van der Waals surface area contributed by atoms with Crippen LogP contribution >= 0.6 is 11.3 Å². The van der Waals surface area contributed by atoms with E-state index in [0.717, 1.165) is 22.0 Å². The third kappa shape index (κ3) is 6.96. The molecule has 3 aromatic rings. The summed E-state index contributed by atoms with van der Waals surface area (Å²) >= 11 is 1.66. The molecule has 0 bridgehead atoms. The number of benzene rings is 1. The van der Waals surface area contributed by atoms with Gasteiger partial charge in [-0.3, -0.25) is 4.99 Å². The van der Waals surface area contributed by atoms with Gasteiger partial charge in [0.05, 0.1) is 18.8 Å². The van der Waals surface area contributed by atoms with E-state index in [4.69, 9.17) is 9.47 Å². The van der Waals surface area contributed by atoms with Crippen molar-refractivity contribution >= 4 is 17.3 Å². The molecule has 0 radical (unpaired) electrons. The second-order valence-corrected chi connectivity index (χ2v) is 8.05. The Kier molecular flexibility index (Phi) is 8.23. The van der Waals surface area contributed by atoms with E-state index in [2.05, 4.69) is 44.8 Å². The van der Waals surface area contributed by atoms with Gasteiger partial charge in [0.15, 0.2) is 5.96 Å². The van der Waals surface area contributed by atoms with Crippen LogP contribution in [0.1, 0.15) is 43.0 Å². The maximum Gasteiger partial charge on any atom is 0.219 e. The molecule has 164 valence electrons. The second kappa shape index (κ2) is 11.3. The summed E-state index contributed by atoms with van der Waals surface area (Å²) in [6.07, 6.45) is 1.74. The number of ether oxygens (including phenoxy) is 2. The van der Waals surface area contributed by atoms with Crippen LogP contribution in [0.3, 0.4) is 0 Å². The van der Waals surface area contributed by atoms with Crippen LogP contribution in [0.15, 0.2) is 53.0 Å². The van der Waals surface area contributed by atoms with Crippen molar-refractivity contribution in [2.45, 2.75) is 39.8 Å². The molecular formula is C23H29N5O2S. The number of pyridine rings is 1. The van der Waals surface area contributed by atoms with Gasteiger partial charge in [-0.2, -0.15) is 0 Å². The average molecular weight is 440 g/mol. The summed E-state index contributed by atoms with van der Waals surface area (Å²) in [4.78, 5) is 13.2. The molecule has 2 aromatic heterocycles. The maximum atomic E-state index is 5.86. The first kappa shape index (κ1) is 22.6. The molecule has 1 aromatic carbocycles. The third-order valence-electron chi connectivity index (χ3n) is 4.41. The van der Waals surface area contributed by atoms with Crippen molar-refractivity contribution in [1.29, 1.82) is 0 Å². The first-order chi connectivity index (χ1) is 15.1. The molecule has 8 heteroatoms. The summed E-state index contributed by atoms with van der Waals surface area (Å²) in [5.41, 5.74) is 2.16. The zero-order chi connectivity index (χ0) is 22.1. The van der Waals surface area contributed by atoms with Gasteiger partial charge in [0, 0.05) is 31.2 Å². The predicted octanol–water partition coefficient (Wildman–Crippen LogP) is 4.72. The molecule has 0 spiro atoms. The van der Waals surface area contributed by atoms with Gasteiger partial charge in [0.2, 0.25) is 5.88 Å². The van der Waals surface area contributed by atoms with Gasteiger partial charge in [-0.15, -0.1) is 11.3 Å². The largest absolute Gasteiger partial charge is 0.494 e. The zero-order valence-corrected chi connectivity index (χ0v) is 19.2. The minimum Gasteiger partial charge on any atom is -0.494 e. The molecule has 0 aliphatic rings. The monoisotopic (exact) mass is 439 g/mol. The van der Waals surface area contributed by atoms with Crippen LogP contribution < -0.4 is 20.1 Å². The molecule has 2 N–H and O–H groups in total. The van der Waals surface area contributed by atoms with Crippen LogP contribution in [0.2, 0.25) is 0 Å². The fraction of sp³-hybridized carbons (Fsp3) is 0.348. The molecule has 2 heterocycles. The average Bonchev–Trinajstić information content (AvgIpc) is 3.25. The summed E-state index contributed by atoms with van der Waals surface area (Å²) in [5.74, 6) is 3.22. The molecular weight excluding hydrogens is 410 g/mol. The first-order valence-electron chi connectivity index (χ1n) is 10.3. The van der Waals surface area contributed by atoms with E-state index < -0.39 is 0 Å². The SMILES string of the molecule is CCOc1ccc(Oc2cc(CNC(=NC)NCc3nc(C(C)C)cs3)ccn2)cc1. The van der Waals surface area contributed by atoms with Gasteiger partial charge in [-0.05, 0) is 48.7 Å². The topological polar surface area (TPSA) is 80.7 Å². The van der Waals surface area contributed by atoms with E-state index in [-0.39, 0.29) is 0 Å². The fourth-order valence-electron chi connectivity index (χ4n) is 2.74. The number of hydrogen-bond donors (Lipinski definition) is 2. The summed E-state index contributed by atoms with van der Waals surface area (Å²) in [5, 5.41) is 9.78. The fourth-order valence-corrected chi connectivity index (χ4v) is 3.64. The normalized spacial score (nSPS) is 11.5. The number of aromatic nitrogens is 2. The van der Waals surface area contributed by atoms with Crippen LogP contribution in [0, 0.1) is 0 Å². The lowest BCUT2D eigenvalue weighted by Crippen LogP contribution is -2.36. The highest BCUT2D eigenvalue weighted by atomic mass is 32.1. The predicted molar refractivity (Wildman–Crippen MR) is 125 cm³/mol. The number of nitrogens with one attached hydrogen (secondary N) is 2. The molecule has 7 nitrogen and oxygen atoms in total. The Morgan fingerprint density at radius 2 is 1.84 bits per heavy atom. The van der Waals surface area contributed by atoms with E-state index >= 15 is 0 Å². The second-order valence-electron chi connectivity index (χ2n) is 7.11. The number of thiazole rings is 1. The Balaban J connectivity index is 1.52. The molecule has 0 aliphatic heterocycles. The number of guanidine groups is 1. The Hall–Kier alpha value is -3.13. The quantitative estimate of drug-likeness (QED) is 0.371. The molecule has 0 fully saturated rings. The Labute approximate surface area is 187 Å². The summed E-state index contributed by atoms with van der Waals surface area (Å²) < 4.78 is 11.3. The van der Waals surface area contributed by atoms with Gasteiger partial charge in [0.25, 0.3) is 0 Å². The minimum atomic E-state index is 0.438. The van der Waals surface area contributed by atoms with E-state index in [1.54, 1.807) is 24.6 Å². The Morgan fingerprint density at radius 1 is 1.10 bits per heavy atom. The molecule has 31 heavy (non-hydrogen) atoms. The van der Waals surface area contributed by atoms with Crippen molar-refractivity contribution in [3.63, 3.8) is 0 Å². The van der Waals surface area contributed by atoms with Gasteiger partial charge in [0.1, 0.15) is 16.5 Å². The zero-order valence-electron chi connectivity index (χ0n) is 18.4. The molecule has 0 saturated carbocycles. The van der Waals surface area contributed by atoms with Crippen LogP contribution in [-0.2, 0) is 13.1 Å². The standard InChI is InChI=1S/C23H29N5O2S/c1-5-29-18-6-8-19(9-7-18)30-21-12-17(10-11-25-21)13-26-23(24-4)27-14-22-28-20(15-31-22)16(2)3/h6-12,15-16H,5,13-14H2,1-4H3,(H2,24,26,27). The van der Waals surface area contributed by atoms with E-state index in [0.29, 0.717) is 43.2 Å². The summed E-state index contributed by atoms with van der Waals surface area (Å²) in [7, 11) is 1.75.